The zero-order chi connectivity index (χ0) is 62.7. The van der Waals surface area contributed by atoms with E-state index in [1.165, 1.54) is 39.5 Å². The normalized spacial score (nSPS) is 15.8. The molecule has 10 aromatic rings. The monoisotopic (exact) mass is 1310 g/mol. The zero-order valence-corrected chi connectivity index (χ0v) is 54.3. The van der Waals surface area contributed by atoms with E-state index in [9.17, 15) is 14.4 Å². The van der Waals surface area contributed by atoms with Gasteiger partial charge in [0.25, 0.3) is 17.7 Å². The first-order valence-electron chi connectivity index (χ1n) is 31.0. The van der Waals surface area contributed by atoms with Crippen LogP contribution >= 0.6 is 57.2 Å². The largest absolute Gasteiger partial charge is 0.369 e. The Balaban J connectivity index is 0.000000121. The predicted molar refractivity (Wildman–Crippen MR) is 378 cm³/mol. The number of fused-ring (bicyclic) bond motifs is 6. The molecule has 16 rings (SSSR count). The van der Waals surface area contributed by atoms with Gasteiger partial charge in [0, 0.05) is 163 Å². The van der Waals surface area contributed by atoms with Gasteiger partial charge < -0.3 is 46.2 Å². The van der Waals surface area contributed by atoms with Crippen LogP contribution in [0.1, 0.15) is 73.7 Å². The molecular weight excluding hydrogens is 1250 g/mol. The summed E-state index contributed by atoms with van der Waals surface area (Å²) >= 11 is 16.7. The molecule has 0 radical (unpaired) electrons. The average molecular weight is 1310 g/mol. The van der Waals surface area contributed by atoms with E-state index in [2.05, 4.69) is 113 Å². The van der Waals surface area contributed by atoms with Gasteiger partial charge >= 0.3 is 0 Å². The highest BCUT2D eigenvalue weighted by Crippen LogP contribution is 2.43. The fourth-order valence-electron chi connectivity index (χ4n) is 12.7. The number of hydrogen-bond acceptors (Lipinski definition) is 14. The molecule has 6 aliphatic rings. The number of halogens is 2. The van der Waals surface area contributed by atoms with E-state index < -0.39 is 0 Å². The summed E-state index contributed by atoms with van der Waals surface area (Å²) in [5.74, 6) is -0.0306. The Morgan fingerprint density at radius 2 is 0.870 bits per heavy atom. The summed E-state index contributed by atoms with van der Waals surface area (Å²) in [7, 11) is 0. The van der Waals surface area contributed by atoms with Crippen molar-refractivity contribution in [2.45, 2.75) is 25.8 Å². The van der Waals surface area contributed by atoms with Crippen LogP contribution in [0.2, 0.25) is 10.0 Å². The first-order valence-corrected chi connectivity index (χ1v) is 34.3. The van der Waals surface area contributed by atoms with Gasteiger partial charge in [-0.2, -0.15) is 5.26 Å². The third-order valence-electron chi connectivity index (χ3n) is 17.5. The molecule has 0 atom stereocenters. The van der Waals surface area contributed by atoms with Gasteiger partial charge in [0.15, 0.2) is 0 Å². The molecule has 0 aliphatic carbocycles. The van der Waals surface area contributed by atoms with Gasteiger partial charge in [-0.25, -0.2) is 0 Å². The van der Waals surface area contributed by atoms with E-state index >= 15 is 0 Å². The SMILES string of the molecule is N#Cc1ccc(-c2cc3c(s2)C(=O)Nc2ccc(N4CCNCC4)cc2C3)cc1.O=C1Nc2ccc(N3CCNCC3)cc2Cc2cc(-c3ccc(Cl)cc3)sc21.O=C1c2sc(-c3ccc(Cl)cc3)cc2Cc2cc(N3CCNCC3)ccc2N1Cc1ccccn1. The molecule has 0 spiro atoms. The van der Waals surface area contributed by atoms with Gasteiger partial charge in [-0.05, 0) is 171 Å². The van der Waals surface area contributed by atoms with Crippen LogP contribution in [-0.2, 0) is 25.8 Å². The molecule has 0 unspecified atom stereocenters. The molecule has 462 valence electrons. The van der Waals surface area contributed by atoms with Crippen LogP contribution in [0.3, 0.4) is 0 Å². The van der Waals surface area contributed by atoms with Crippen molar-refractivity contribution in [2.24, 2.45) is 0 Å². The number of piperazine rings is 3. The smallest absolute Gasteiger partial charge is 0.269 e. The van der Waals surface area contributed by atoms with Crippen molar-refractivity contribution in [2.75, 3.05) is 109 Å². The van der Waals surface area contributed by atoms with Crippen LogP contribution in [-0.4, -0.2) is 101 Å². The van der Waals surface area contributed by atoms with Crippen molar-refractivity contribution in [3.8, 4) is 37.4 Å². The summed E-state index contributed by atoms with van der Waals surface area (Å²) < 4.78 is 0. The summed E-state index contributed by atoms with van der Waals surface area (Å²) in [6.07, 6.45) is 3.99. The molecule has 0 saturated carbocycles. The van der Waals surface area contributed by atoms with E-state index in [1.807, 2.05) is 108 Å². The molecule has 0 bridgehead atoms. The molecule has 6 aromatic carbocycles. The second kappa shape index (κ2) is 27.3. The predicted octanol–water partition coefficient (Wildman–Crippen LogP) is 14.1. The lowest BCUT2D eigenvalue weighted by Crippen LogP contribution is -2.43. The van der Waals surface area contributed by atoms with Crippen LogP contribution in [0.25, 0.3) is 31.3 Å². The number of carbonyl (C=O) groups excluding carboxylic acids is 3. The topological polar surface area (TPSA) is 161 Å². The number of thiophene rings is 3. The van der Waals surface area contributed by atoms with Crippen LogP contribution in [0.15, 0.2) is 170 Å². The molecule has 19 heteroatoms. The number of amides is 3. The summed E-state index contributed by atoms with van der Waals surface area (Å²) in [5.41, 5.74) is 17.9. The van der Waals surface area contributed by atoms with Crippen LogP contribution in [0.5, 0.6) is 0 Å². The molecule has 4 aromatic heterocycles. The molecule has 3 saturated heterocycles. The fraction of sp³-hybridized carbons (Fsp3) is 0.219. The Kier molecular flexibility index (Phi) is 18.0. The van der Waals surface area contributed by atoms with Crippen LogP contribution in [0, 0.1) is 11.3 Å². The molecule has 6 aliphatic heterocycles. The van der Waals surface area contributed by atoms with Gasteiger partial charge in [-0.1, -0.05) is 65.7 Å². The number of benzene rings is 6. The number of nitrogens with zero attached hydrogens (tertiary/aromatic N) is 6. The minimum Gasteiger partial charge on any atom is -0.369 e. The molecule has 3 fully saturated rings. The van der Waals surface area contributed by atoms with Gasteiger partial charge in [0.2, 0.25) is 0 Å². The maximum absolute atomic E-state index is 14.0. The quantitative estimate of drug-likeness (QED) is 0.0985. The fourth-order valence-corrected chi connectivity index (χ4v) is 16.2. The minimum atomic E-state index is -0.0430. The van der Waals surface area contributed by atoms with Crippen molar-refractivity contribution in [1.29, 1.82) is 5.26 Å². The molecular formula is C73H65Cl2N11O3S3. The standard InChI is InChI=1S/C28H25ClN4OS.C23H20N4OS.C22H20ClN3OS/c29-22-6-4-19(5-7-22)26-17-21-15-20-16-24(32-13-11-30-12-14-32)8-9-25(20)33(28(34)27(21)35-26)18-23-3-1-2-10-31-23;24-14-15-1-3-16(4-2-15)21-13-18-11-17-12-19(27-9-7-25-8-10-27)5-6-20(17)26-23(28)22(18)29-21;23-17-3-1-14(2-4-17)20-13-16-11-15-12-18(26-9-7-24-8-10-26)5-6-19(15)25-22(27)21(16)28-20/h1-10,16-17,30H,11-15,18H2;1-6,12-13,25H,7-11H2,(H,26,28);1-6,12-13,24H,7-11H2,(H,25,27). The molecule has 5 N–H and O–H groups in total. The van der Waals surface area contributed by atoms with E-state index in [1.54, 1.807) is 28.9 Å². The van der Waals surface area contributed by atoms with E-state index in [0.29, 0.717) is 22.2 Å². The highest BCUT2D eigenvalue weighted by molar-refractivity contribution is 7.18. The minimum absolute atomic E-state index is 0.0195. The van der Waals surface area contributed by atoms with E-state index in [-0.39, 0.29) is 17.7 Å². The van der Waals surface area contributed by atoms with Crippen molar-refractivity contribution in [3.63, 3.8) is 0 Å². The number of aromatic nitrogens is 1. The third kappa shape index (κ3) is 13.3. The van der Waals surface area contributed by atoms with Crippen LogP contribution < -0.4 is 46.2 Å². The third-order valence-corrected chi connectivity index (χ3v) is 21.7. The number of rotatable bonds is 8. The van der Waals surface area contributed by atoms with Gasteiger partial charge in [-0.15, -0.1) is 34.0 Å². The van der Waals surface area contributed by atoms with Crippen molar-refractivity contribution < 1.29 is 14.4 Å². The van der Waals surface area contributed by atoms with E-state index in [0.717, 1.165) is 189 Å². The van der Waals surface area contributed by atoms with Crippen molar-refractivity contribution in [3.05, 3.63) is 239 Å². The van der Waals surface area contributed by atoms with Crippen molar-refractivity contribution in [1.82, 2.24) is 20.9 Å². The Bertz CT molecular complexity index is 4410. The lowest BCUT2D eigenvalue weighted by Gasteiger charge is -2.31. The van der Waals surface area contributed by atoms with Crippen molar-refractivity contribution >= 4 is 109 Å². The molecule has 10 heterocycles. The summed E-state index contributed by atoms with van der Waals surface area (Å²) in [6.45, 7) is 12.4. The molecule has 14 nitrogen and oxygen atoms in total. The first kappa shape index (κ1) is 60.9. The van der Waals surface area contributed by atoms with Crippen LogP contribution in [0.4, 0.5) is 34.1 Å². The Morgan fingerprint density at radius 3 is 1.32 bits per heavy atom. The Hall–Kier alpha value is -8.67. The maximum Gasteiger partial charge on any atom is 0.269 e. The lowest BCUT2D eigenvalue weighted by atomic mass is 10.0. The number of anilines is 6. The average Bonchev–Trinajstić information content (AvgIpc) is 1.72. The van der Waals surface area contributed by atoms with Gasteiger partial charge in [-0.3, -0.25) is 19.4 Å². The number of nitrogens with one attached hydrogen (secondary N) is 5. The number of nitriles is 1. The second-order valence-corrected chi connectivity index (χ2v) is 27.5. The van der Waals surface area contributed by atoms with Gasteiger partial charge in [0.05, 0.1) is 38.5 Å². The molecule has 3 amide bonds. The zero-order valence-electron chi connectivity index (χ0n) is 50.4. The Morgan fingerprint density at radius 1 is 0.457 bits per heavy atom. The number of pyridine rings is 1. The number of carbonyl (C=O) groups is 3. The lowest BCUT2D eigenvalue weighted by molar-refractivity contribution is 0.0986. The highest BCUT2D eigenvalue weighted by atomic mass is 35.5. The second-order valence-electron chi connectivity index (χ2n) is 23.5. The highest BCUT2D eigenvalue weighted by Gasteiger charge is 2.32. The summed E-state index contributed by atoms with van der Waals surface area (Å²) in [5, 5.41) is 26.8. The first-order chi connectivity index (χ1) is 45.0. The summed E-state index contributed by atoms with van der Waals surface area (Å²) in [4.78, 5) is 58.8. The number of hydrogen-bond donors (Lipinski definition) is 5. The van der Waals surface area contributed by atoms with E-state index in [4.69, 9.17) is 28.5 Å². The maximum atomic E-state index is 14.0. The molecule has 92 heavy (non-hydrogen) atoms. The Labute approximate surface area is 557 Å². The van der Waals surface area contributed by atoms with Gasteiger partial charge in [0.1, 0.15) is 0 Å². The summed E-state index contributed by atoms with van der Waals surface area (Å²) in [6, 6.07) is 56.8.